The number of rotatable bonds is 3. The van der Waals surface area contributed by atoms with Crippen molar-refractivity contribution in [3.8, 4) is 5.75 Å². The molecule has 0 bridgehead atoms. The molecule has 1 unspecified atom stereocenters. The van der Waals surface area contributed by atoms with Crippen LogP contribution in [0.5, 0.6) is 5.75 Å². The van der Waals surface area contributed by atoms with Gasteiger partial charge in [-0.15, -0.1) is 0 Å². The van der Waals surface area contributed by atoms with Crippen LogP contribution in [0.3, 0.4) is 0 Å². The minimum Gasteiger partial charge on any atom is -0.508 e. The fraction of sp³-hybridized carbons (Fsp3) is 0.455. The molecule has 0 aliphatic rings. The Hall–Kier alpha value is -1.02. The van der Waals surface area contributed by atoms with Gasteiger partial charge in [0.2, 0.25) is 0 Å². The van der Waals surface area contributed by atoms with E-state index in [1.165, 1.54) is 0 Å². The van der Waals surface area contributed by atoms with Crippen molar-refractivity contribution in [2.24, 2.45) is 0 Å². The third kappa shape index (κ3) is 2.22. The molecule has 2 nitrogen and oxygen atoms in total. The third-order valence-corrected chi connectivity index (χ3v) is 2.31. The molecule has 1 rings (SSSR count). The standard InChI is InChI=1S/C11H17NO/c1-4-10(12(2)3)9-7-5-6-8-11(9)13/h5-8,10,13H,4H2,1-3H3. The predicted octanol–water partition coefficient (Wildman–Crippen LogP) is 2.40. The molecule has 0 aliphatic heterocycles. The molecule has 1 aromatic rings. The molecule has 0 saturated heterocycles. The molecule has 0 heterocycles. The van der Waals surface area contributed by atoms with Crippen molar-refractivity contribution in [3.63, 3.8) is 0 Å². The average molecular weight is 179 g/mol. The van der Waals surface area contributed by atoms with Gasteiger partial charge in [0.15, 0.2) is 0 Å². The Bertz CT molecular complexity index is 271. The van der Waals surface area contributed by atoms with Gasteiger partial charge in [0.25, 0.3) is 0 Å². The second kappa shape index (κ2) is 4.28. The minimum absolute atomic E-state index is 0.307. The molecule has 0 fully saturated rings. The number of phenolic OH excluding ortho intramolecular Hbond substituents is 1. The zero-order chi connectivity index (χ0) is 9.84. The Balaban J connectivity index is 2.97. The lowest BCUT2D eigenvalue weighted by molar-refractivity contribution is 0.284. The van der Waals surface area contributed by atoms with Crippen molar-refractivity contribution >= 4 is 0 Å². The first-order valence-corrected chi connectivity index (χ1v) is 4.61. The summed E-state index contributed by atoms with van der Waals surface area (Å²) >= 11 is 0. The lowest BCUT2D eigenvalue weighted by atomic mass is 10.0. The van der Waals surface area contributed by atoms with E-state index < -0.39 is 0 Å². The number of benzene rings is 1. The number of hydrogen-bond acceptors (Lipinski definition) is 2. The van der Waals surface area contributed by atoms with Gasteiger partial charge < -0.3 is 10.0 Å². The lowest BCUT2D eigenvalue weighted by Crippen LogP contribution is -2.19. The molecule has 0 radical (unpaired) electrons. The van der Waals surface area contributed by atoms with Crippen LogP contribution in [-0.4, -0.2) is 24.1 Å². The van der Waals surface area contributed by atoms with E-state index in [2.05, 4.69) is 11.8 Å². The Labute approximate surface area is 79.8 Å². The molecular formula is C11H17NO. The maximum Gasteiger partial charge on any atom is 0.120 e. The van der Waals surface area contributed by atoms with Crippen molar-refractivity contribution < 1.29 is 5.11 Å². The number of nitrogens with zero attached hydrogens (tertiary/aromatic N) is 1. The second-order valence-corrected chi connectivity index (χ2v) is 3.45. The first kappa shape index (κ1) is 10.1. The highest BCUT2D eigenvalue weighted by atomic mass is 16.3. The number of phenols is 1. The summed E-state index contributed by atoms with van der Waals surface area (Å²) in [5.74, 6) is 0.392. The molecule has 13 heavy (non-hydrogen) atoms. The van der Waals surface area contributed by atoms with Crippen LogP contribution in [0.1, 0.15) is 24.9 Å². The summed E-state index contributed by atoms with van der Waals surface area (Å²) < 4.78 is 0. The molecule has 0 spiro atoms. The third-order valence-electron chi connectivity index (χ3n) is 2.31. The lowest BCUT2D eigenvalue weighted by Gasteiger charge is -2.23. The van der Waals surface area contributed by atoms with E-state index in [4.69, 9.17) is 0 Å². The van der Waals surface area contributed by atoms with Gasteiger partial charge in [-0.3, -0.25) is 0 Å². The minimum atomic E-state index is 0.307. The van der Waals surface area contributed by atoms with Gasteiger partial charge in [0, 0.05) is 11.6 Å². The first-order chi connectivity index (χ1) is 6.16. The van der Waals surface area contributed by atoms with Crippen molar-refractivity contribution in [1.29, 1.82) is 0 Å². The molecular weight excluding hydrogens is 162 g/mol. The normalized spacial score (nSPS) is 13.2. The first-order valence-electron chi connectivity index (χ1n) is 4.61. The van der Waals surface area contributed by atoms with Crippen LogP contribution in [0, 0.1) is 0 Å². The highest BCUT2D eigenvalue weighted by Crippen LogP contribution is 2.28. The molecule has 1 N–H and O–H groups in total. The molecule has 0 amide bonds. The zero-order valence-electron chi connectivity index (χ0n) is 8.49. The van der Waals surface area contributed by atoms with Crippen molar-refractivity contribution in [2.75, 3.05) is 14.1 Å². The molecule has 1 aromatic carbocycles. The SMILES string of the molecule is CCC(c1ccccc1O)N(C)C. The van der Waals surface area contributed by atoms with Crippen LogP contribution in [0.15, 0.2) is 24.3 Å². The van der Waals surface area contributed by atoms with Crippen LogP contribution in [0.4, 0.5) is 0 Å². The van der Waals surface area contributed by atoms with Gasteiger partial charge >= 0.3 is 0 Å². The van der Waals surface area contributed by atoms with E-state index in [1.807, 2.05) is 32.3 Å². The van der Waals surface area contributed by atoms with E-state index in [9.17, 15) is 5.11 Å². The van der Waals surface area contributed by atoms with Gasteiger partial charge in [-0.1, -0.05) is 25.1 Å². The topological polar surface area (TPSA) is 23.5 Å². The Morgan fingerprint density at radius 2 is 1.92 bits per heavy atom. The summed E-state index contributed by atoms with van der Waals surface area (Å²) in [5.41, 5.74) is 1.01. The molecule has 72 valence electrons. The Morgan fingerprint density at radius 1 is 1.31 bits per heavy atom. The monoisotopic (exact) mass is 179 g/mol. The van der Waals surface area contributed by atoms with Crippen LogP contribution in [0.2, 0.25) is 0 Å². The van der Waals surface area contributed by atoms with Crippen LogP contribution >= 0.6 is 0 Å². The number of aromatic hydroxyl groups is 1. The molecule has 0 aromatic heterocycles. The second-order valence-electron chi connectivity index (χ2n) is 3.45. The Kier molecular flexibility index (Phi) is 3.32. The van der Waals surface area contributed by atoms with Gasteiger partial charge in [-0.2, -0.15) is 0 Å². The Morgan fingerprint density at radius 3 is 2.38 bits per heavy atom. The summed E-state index contributed by atoms with van der Waals surface area (Å²) in [6.07, 6.45) is 1.00. The van der Waals surface area contributed by atoms with E-state index in [1.54, 1.807) is 6.07 Å². The zero-order valence-corrected chi connectivity index (χ0v) is 8.49. The largest absolute Gasteiger partial charge is 0.508 e. The van der Waals surface area contributed by atoms with Crippen molar-refractivity contribution in [3.05, 3.63) is 29.8 Å². The van der Waals surface area contributed by atoms with Crippen molar-refractivity contribution in [1.82, 2.24) is 4.90 Å². The summed E-state index contributed by atoms with van der Waals surface area (Å²) in [6, 6.07) is 7.83. The predicted molar refractivity (Wildman–Crippen MR) is 54.8 cm³/mol. The van der Waals surface area contributed by atoms with Crippen LogP contribution in [-0.2, 0) is 0 Å². The summed E-state index contributed by atoms with van der Waals surface area (Å²) in [6.45, 7) is 2.12. The summed E-state index contributed by atoms with van der Waals surface area (Å²) in [7, 11) is 4.06. The van der Waals surface area contributed by atoms with Gasteiger partial charge in [0.05, 0.1) is 0 Å². The average Bonchev–Trinajstić information content (AvgIpc) is 2.09. The quantitative estimate of drug-likeness (QED) is 0.770. The van der Waals surface area contributed by atoms with E-state index in [0.717, 1.165) is 12.0 Å². The highest BCUT2D eigenvalue weighted by molar-refractivity contribution is 5.34. The van der Waals surface area contributed by atoms with Crippen molar-refractivity contribution in [2.45, 2.75) is 19.4 Å². The smallest absolute Gasteiger partial charge is 0.120 e. The van der Waals surface area contributed by atoms with Crippen LogP contribution in [0.25, 0.3) is 0 Å². The summed E-state index contributed by atoms with van der Waals surface area (Å²) in [5, 5.41) is 9.63. The van der Waals surface area contributed by atoms with E-state index >= 15 is 0 Å². The fourth-order valence-corrected chi connectivity index (χ4v) is 1.63. The van der Waals surface area contributed by atoms with E-state index in [-0.39, 0.29) is 0 Å². The van der Waals surface area contributed by atoms with Gasteiger partial charge in [-0.25, -0.2) is 0 Å². The molecule has 1 atom stereocenters. The van der Waals surface area contributed by atoms with Gasteiger partial charge in [-0.05, 0) is 26.6 Å². The maximum atomic E-state index is 9.63. The fourth-order valence-electron chi connectivity index (χ4n) is 1.63. The van der Waals surface area contributed by atoms with E-state index in [0.29, 0.717) is 11.8 Å². The van der Waals surface area contributed by atoms with Crippen LogP contribution < -0.4 is 0 Å². The maximum absolute atomic E-state index is 9.63. The molecule has 0 aliphatic carbocycles. The molecule has 2 heteroatoms. The highest BCUT2D eigenvalue weighted by Gasteiger charge is 2.14. The van der Waals surface area contributed by atoms with Gasteiger partial charge in [0.1, 0.15) is 5.75 Å². The number of hydrogen-bond donors (Lipinski definition) is 1. The summed E-state index contributed by atoms with van der Waals surface area (Å²) in [4.78, 5) is 2.12. The number of para-hydroxylation sites is 1. The molecule has 0 saturated carbocycles.